The fraction of sp³-hybridized carbons (Fsp3) is 0.727. The Balaban J connectivity index is 2.07. The predicted molar refractivity (Wildman–Crippen MR) is 55.4 cm³/mol. The van der Waals surface area contributed by atoms with Gasteiger partial charge in [0.2, 0.25) is 0 Å². The van der Waals surface area contributed by atoms with Gasteiger partial charge in [0.1, 0.15) is 6.26 Å². The lowest BCUT2D eigenvalue weighted by molar-refractivity contribution is 0.374. The standard InChI is InChI=1S/C11H18N2O/c1-8(2)10-7-14-11(13-10)9-3-5-12-6-4-9/h7-9,12H,3-6H2,1-2H3. The van der Waals surface area contributed by atoms with Gasteiger partial charge in [-0.2, -0.15) is 0 Å². The number of oxazole rings is 1. The molecule has 0 bridgehead atoms. The second-order valence-corrected chi connectivity index (χ2v) is 4.29. The molecule has 1 saturated heterocycles. The van der Waals surface area contributed by atoms with Crippen LogP contribution in [-0.2, 0) is 0 Å². The Morgan fingerprint density at radius 1 is 1.43 bits per heavy atom. The summed E-state index contributed by atoms with van der Waals surface area (Å²) in [7, 11) is 0. The van der Waals surface area contributed by atoms with E-state index < -0.39 is 0 Å². The van der Waals surface area contributed by atoms with Gasteiger partial charge in [0.25, 0.3) is 0 Å². The number of aromatic nitrogens is 1. The highest BCUT2D eigenvalue weighted by atomic mass is 16.3. The van der Waals surface area contributed by atoms with Gasteiger partial charge in [-0.3, -0.25) is 0 Å². The molecule has 1 aromatic heterocycles. The van der Waals surface area contributed by atoms with E-state index in [1.165, 1.54) is 0 Å². The van der Waals surface area contributed by atoms with Crippen LogP contribution in [-0.4, -0.2) is 18.1 Å². The van der Waals surface area contributed by atoms with Crippen LogP contribution >= 0.6 is 0 Å². The van der Waals surface area contributed by atoms with E-state index in [0.717, 1.165) is 37.5 Å². The average molecular weight is 194 g/mol. The van der Waals surface area contributed by atoms with Crippen LogP contribution in [0.25, 0.3) is 0 Å². The number of hydrogen-bond acceptors (Lipinski definition) is 3. The van der Waals surface area contributed by atoms with Crippen LogP contribution in [0.1, 0.15) is 50.1 Å². The first-order valence-corrected chi connectivity index (χ1v) is 5.43. The molecule has 3 heteroatoms. The molecule has 2 heterocycles. The number of hydrogen-bond donors (Lipinski definition) is 1. The van der Waals surface area contributed by atoms with E-state index in [4.69, 9.17) is 4.42 Å². The van der Waals surface area contributed by atoms with Gasteiger partial charge < -0.3 is 9.73 Å². The minimum absolute atomic E-state index is 0.467. The monoisotopic (exact) mass is 194 g/mol. The van der Waals surface area contributed by atoms with Crippen LogP contribution < -0.4 is 5.32 Å². The Bertz CT molecular complexity index is 287. The van der Waals surface area contributed by atoms with Crippen molar-refractivity contribution in [3.05, 3.63) is 17.8 Å². The molecular weight excluding hydrogens is 176 g/mol. The number of rotatable bonds is 2. The molecule has 78 valence electrons. The van der Waals surface area contributed by atoms with Crippen molar-refractivity contribution in [1.29, 1.82) is 0 Å². The maximum atomic E-state index is 5.53. The summed E-state index contributed by atoms with van der Waals surface area (Å²) >= 11 is 0. The smallest absolute Gasteiger partial charge is 0.197 e. The van der Waals surface area contributed by atoms with E-state index in [9.17, 15) is 0 Å². The van der Waals surface area contributed by atoms with Crippen molar-refractivity contribution in [2.45, 2.75) is 38.5 Å². The van der Waals surface area contributed by atoms with E-state index in [2.05, 4.69) is 24.1 Å². The molecule has 1 N–H and O–H groups in total. The first-order chi connectivity index (χ1) is 6.77. The van der Waals surface area contributed by atoms with Crippen molar-refractivity contribution in [3.63, 3.8) is 0 Å². The highest BCUT2D eigenvalue weighted by molar-refractivity contribution is 5.05. The molecular formula is C11H18N2O. The minimum atomic E-state index is 0.467. The van der Waals surface area contributed by atoms with Gasteiger partial charge in [0, 0.05) is 5.92 Å². The second kappa shape index (κ2) is 4.13. The summed E-state index contributed by atoms with van der Waals surface area (Å²) in [4.78, 5) is 4.54. The highest BCUT2D eigenvalue weighted by Gasteiger charge is 2.20. The van der Waals surface area contributed by atoms with E-state index in [1.807, 2.05) is 6.26 Å². The summed E-state index contributed by atoms with van der Waals surface area (Å²) in [5, 5.41) is 3.34. The molecule has 3 nitrogen and oxygen atoms in total. The lowest BCUT2D eigenvalue weighted by atomic mass is 9.98. The molecule has 0 aromatic carbocycles. The van der Waals surface area contributed by atoms with Crippen LogP contribution in [0.15, 0.2) is 10.7 Å². The molecule has 0 radical (unpaired) electrons. The van der Waals surface area contributed by atoms with Crippen LogP contribution in [0.3, 0.4) is 0 Å². The predicted octanol–water partition coefficient (Wildman–Crippen LogP) is 2.27. The quantitative estimate of drug-likeness (QED) is 0.784. The lowest BCUT2D eigenvalue weighted by Gasteiger charge is -2.19. The Morgan fingerprint density at radius 2 is 2.14 bits per heavy atom. The Labute approximate surface area is 84.9 Å². The lowest BCUT2D eigenvalue weighted by Crippen LogP contribution is -2.26. The molecule has 0 atom stereocenters. The highest BCUT2D eigenvalue weighted by Crippen LogP contribution is 2.25. The first kappa shape index (κ1) is 9.71. The molecule has 2 rings (SSSR count). The topological polar surface area (TPSA) is 38.1 Å². The molecule has 1 fully saturated rings. The van der Waals surface area contributed by atoms with Crippen LogP contribution in [0.5, 0.6) is 0 Å². The van der Waals surface area contributed by atoms with E-state index in [0.29, 0.717) is 11.8 Å². The number of nitrogens with zero attached hydrogens (tertiary/aromatic N) is 1. The van der Waals surface area contributed by atoms with Crippen LogP contribution in [0, 0.1) is 0 Å². The SMILES string of the molecule is CC(C)c1coc(C2CCNCC2)n1. The van der Waals surface area contributed by atoms with Gasteiger partial charge >= 0.3 is 0 Å². The zero-order valence-corrected chi connectivity index (χ0v) is 8.92. The van der Waals surface area contributed by atoms with Gasteiger partial charge in [-0.25, -0.2) is 4.98 Å². The summed E-state index contributed by atoms with van der Waals surface area (Å²) in [6.07, 6.45) is 4.11. The zero-order chi connectivity index (χ0) is 9.97. The van der Waals surface area contributed by atoms with E-state index in [1.54, 1.807) is 0 Å². The molecule has 0 aliphatic carbocycles. The van der Waals surface area contributed by atoms with Crippen LogP contribution in [0.2, 0.25) is 0 Å². The average Bonchev–Trinajstić information content (AvgIpc) is 2.68. The Kier molecular flexibility index (Phi) is 2.87. The number of piperidine rings is 1. The molecule has 14 heavy (non-hydrogen) atoms. The Hall–Kier alpha value is -0.830. The summed E-state index contributed by atoms with van der Waals surface area (Å²) < 4.78 is 5.53. The summed E-state index contributed by atoms with van der Waals surface area (Å²) in [6.45, 7) is 6.46. The van der Waals surface area contributed by atoms with Crippen molar-refractivity contribution >= 4 is 0 Å². The van der Waals surface area contributed by atoms with Crippen molar-refractivity contribution < 1.29 is 4.42 Å². The molecule has 0 spiro atoms. The van der Waals surface area contributed by atoms with Gasteiger partial charge in [-0.1, -0.05) is 13.8 Å². The summed E-state index contributed by atoms with van der Waals surface area (Å²) in [6, 6.07) is 0. The minimum Gasteiger partial charge on any atom is -0.448 e. The van der Waals surface area contributed by atoms with Crippen molar-refractivity contribution in [2.75, 3.05) is 13.1 Å². The maximum absolute atomic E-state index is 5.53. The Morgan fingerprint density at radius 3 is 2.71 bits per heavy atom. The summed E-state index contributed by atoms with van der Waals surface area (Å²) in [5.74, 6) is 1.94. The van der Waals surface area contributed by atoms with Gasteiger partial charge in [0.15, 0.2) is 5.89 Å². The van der Waals surface area contributed by atoms with E-state index >= 15 is 0 Å². The third kappa shape index (κ3) is 1.98. The van der Waals surface area contributed by atoms with Crippen LogP contribution in [0.4, 0.5) is 0 Å². The van der Waals surface area contributed by atoms with Gasteiger partial charge in [0.05, 0.1) is 5.69 Å². The third-order valence-corrected chi connectivity index (χ3v) is 2.82. The molecule has 0 amide bonds. The molecule has 1 aromatic rings. The van der Waals surface area contributed by atoms with Gasteiger partial charge in [-0.15, -0.1) is 0 Å². The fourth-order valence-corrected chi connectivity index (χ4v) is 1.82. The maximum Gasteiger partial charge on any atom is 0.197 e. The molecule has 1 aliphatic rings. The molecule has 0 unspecified atom stereocenters. The van der Waals surface area contributed by atoms with Crippen molar-refractivity contribution in [1.82, 2.24) is 10.3 Å². The first-order valence-electron chi connectivity index (χ1n) is 5.43. The summed E-state index contributed by atoms with van der Waals surface area (Å²) in [5.41, 5.74) is 1.08. The largest absolute Gasteiger partial charge is 0.448 e. The number of nitrogens with one attached hydrogen (secondary N) is 1. The van der Waals surface area contributed by atoms with Crippen molar-refractivity contribution in [3.8, 4) is 0 Å². The molecule has 0 saturated carbocycles. The third-order valence-electron chi connectivity index (χ3n) is 2.82. The van der Waals surface area contributed by atoms with Crippen molar-refractivity contribution in [2.24, 2.45) is 0 Å². The second-order valence-electron chi connectivity index (χ2n) is 4.29. The molecule has 1 aliphatic heterocycles. The van der Waals surface area contributed by atoms with E-state index in [-0.39, 0.29) is 0 Å². The zero-order valence-electron chi connectivity index (χ0n) is 8.92. The van der Waals surface area contributed by atoms with Gasteiger partial charge in [-0.05, 0) is 31.8 Å². The fourth-order valence-electron chi connectivity index (χ4n) is 1.82. The normalized spacial score (nSPS) is 19.1.